The molecule has 0 rings (SSSR count). The van der Waals surface area contributed by atoms with E-state index >= 15 is 0 Å². The maximum Gasteiger partial charge on any atom is 0.305 e. The highest BCUT2D eigenvalue weighted by atomic mass is 16.6. The third-order valence-corrected chi connectivity index (χ3v) is 8.45. The van der Waals surface area contributed by atoms with Crippen molar-refractivity contribution in [2.24, 2.45) is 11.8 Å². The molecule has 5 heteroatoms. The van der Waals surface area contributed by atoms with Gasteiger partial charge in [-0.05, 0) is 24.7 Å². The largest absolute Gasteiger partial charge is 0.463 e. The molecule has 0 saturated carbocycles. The summed E-state index contributed by atoms with van der Waals surface area (Å²) in [7, 11) is 0. The highest BCUT2D eigenvalue weighted by Gasteiger charge is 2.12. The highest BCUT2D eigenvalue weighted by molar-refractivity contribution is 5.69. The molecule has 0 aliphatic rings. The Bertz CT molecular complexity index is 603. The van der Waals surface area contributed by atoms with Crippen molar-refractivity contribution in [1.29, 1.82) is 0 Å². The van der Waals surface area contributed by atoms with Gasteiger partial charge in [0.2, 0.25) is 0 Å². The van der Waals surface area contributed by atoms with E-state index in [9.17, 15) is 14.7 Å². The van der Waals surface area contributed by atoms with E-state index in [1.807, 2.05) is 0 Å². The molecule has 0 radical (unpaired) electrons. The van der Waals surface area contributed by atoms with Crippen molar-refractivity contribution >= 4 is 11.9 Å². The fraction of sp³-hybridized carbons (Fsp3) is 0.947. The smallest absolute Gasteiger partial charge is 0.305 e. The summed E-state index contributed by atoms with van der Waals surface area (Å²) in [5, 5.41) is 9.99. The number of aliphatic hydroxyl groups excluding tert-OH is 1. The standard InChI is InChI=1S/C38H74O5/c1-34(2)28-24-20-16-12-8-6-5-7-9-14-18-22-26-30-37(40)42-32-36(39)33-43-38(41)31-27-23-19-15-11-10-13-17-21-25-29-35(3)4/h34-36,39H,5-33H2,1-4H3/t36-/m0/s1. The Morgan fingerprint density at radius 3 is 0.907 bits per heavy atom. The first kappa shape index (κ1) is 41.9. The van der Waals surface area contributed by atoms with Gasteiger partial charge in [-0.1, -0.05) is 175 Å². The quantitative estimate of drug-likeness (QED) is 0.0591. The molecule has 1 atom stereocenters. The van der Waals surface area contributed by atoms with E-state index < -0.39 is 6.10 Å². The summed E-state index contributed by atoms with van der Waals surface area (Å²) in [4.78, 5) is 23.9. The minimum absolute atomic E-state index is 0.109. The Morgan fingerprint density at radius 1 is 0.419 bits per heavy atom. The second-order valence-corrected chi connectivity index (χ2v) is 14.0. The summed E-state index contributed by atoms with van der Waals surface area (Å²) < 4.78 is 10.3. The van der Waals surface area contributed by atoms with Gasteiger partial charge in [-0.25, -0.2) is 0 Å². The Balaban J connectivity index is 3.39. The summed E-state index contributed by atoms with van der Waals surface area (Å²) in [6.07, 6.45) is 31.5. The average molecular weight is 611 g/mol. The van der Waals surface area contributed by atoms with E-state index in [4.69, 9.17) is 9.47 Å². The zero-order valence-corrected chi connectivity index (χ0v) is 29.3. The number of hydrogen-bond donors (Lipinski definition) is 1. The number of aliphatic hydroxyl groups is 1. The summed E-state index contributed by atoms with van der Waals surface area (Å²) in [6.45, 7) is 9.00. The fourth-order valence-electron chi connectivity index (χ4n) is 5.57. The van der Waals surface area contributed by atoms with Gasteiger partial charge in [-0.3, -0.25) is 9.59 Å². The van der Waals surface area contributed by atoms with Crippen molar-refractivity contribution < 1.29 is 24.2 Å². The number of hydrogen-bond acceptors (Lipinski definition) is 5. The van der Waals surface area contributed by atoms with Crippen LogP contribution in [0.25, 0.3) is 0 Å². The van der Waals surface area contributed by atoms with Crippen molar-refractivity contribution in [2.45, 2.75) is 207 Å². The van der Waals surface area contributed by atoms with Crippen molar-refractivity contribution in [3.8, 4) is 0 Å². The number of carbonyl (C=O) groups is 2. The fourth-order valence-corrected chi connectivity index (χ4v) is 5.57. The third-order valence-electron chi connectivity index (χ3n) is 8.45. The number of esters is 2. The third kappa shape index (κ3) is 35.3. The number of ether oxygens (including phenoxy) is 2. The van der Waals surface area contributed by atoms with Gasteiger partial charge in [-0.15, -0.1) is 0 Å². The van der Waals surface area contributed by atoms with Crippen LogP contribution in [0.1, 0.15) is 201 Å². The molecular weight excluding hydrogens is 536 g/mol. The Kier molecular flexibility index (Phi) is 31.5. The van der Waals surface area contributed by atoms with Crippen LogP contribution >= 0.6 is 0 Å². The second kappa shape index (κ2) is 32.3. The van der Waals surface area contributed by atoms with Crippen molar-refractivity contribution in [3.05, 3.63) is 0 Å². The zero-order valence-electron chi connectivity index (χ0n) is 29.3. The van der Waals surface area contributed by atoms with Crippen LogP contribution in [0, 0.1) is 11.8 Å². The Hall–Kier alpha value is -1.10. The van der Waals surface area contributed by atoms with Gasteiger partial charge in [0.1, 0.15) is 19.3 Å². The summed E-state index contributed by atoms with van der Waals surface area (Å²) in [5.74, 6) is 1.12. The van der Waals surface area contributed by atoms with Gasteiger partial charge in [0.05, 0.1) is 0 Å². The van der Waals surface area contributed by atoms with Gasteiger partial charge in [0.15, 0.2) is 0 Å². The van der Waals surface area contributed by atoms with Crippen molar-refractivity contribution in [2.75, 3.05) is 13.2 Å². The van der Waals surface area contributed by atoms with Gasteiger partial charge in [0, 0.05) is 12.8 Å². The van der Waals surface area contributed by atoms with Crippen LogP contribution in [0.5, 0.6) is 0 Å². The maximum atomic E-state index is 11.9. The van der Waals surface area contributed by atoms with Crippen LogP contribution in [-0.2, 0) is 19.1 Å². The predicted molar refractivity (Wildman–Crippen MR) is 182 cm³/mol. The SMILES string of the molecule is CC(C)CCCCCCCCCCCCCCCC(=O)OC[C@H](O)COC(=O)CCCCCCCCCCCCC(C)C. The van der Waals surface area contributed by atoms with Gasteiger partial charge in [-0.2, -0.15) is 0 Å². The molecule has 0 bridgehead atoms. The molecule has 43 heavy (non-hydrogen) atoms. The molecule has 0 saturated heterocycles. The monoisotopic (exact) mass is 611 g/mol. The molecule has 256 valence electrons. The van der Waals surface area contributed by atoms with Gasteiger partial charge in [0.25, 0.3) is 0 Å². The van der Waals surface area contributed by atoms with Crippen LogP contribution in [0.15, 0.2) is 0 Å². The molecule has 0 fully saturated rings. The molecule has 0 aliphatic heterocycles. The van der Waals surface area contributed by atoms with Crippen LogP contribution in [-0.4, -0.2) is 36.4 Å². The second-order valence-electron chi connectivity index (χ2n) is 14.0. The number of rotatable bonds is 33. The first-order chi connectivity index (χ1) is 20.8. The predicted octanol–water partition coefficient (Wildman–Crippen LogP) is 11.3. The summed E-state index contributed by atoms with van der Waals surface area (Å²) >= 11 is 0. The lowest BCUT2D eigenvalue weighted by atomic mass is 10.0. The van der Waals surface area contributed by atoms with Gasteiger partial charge >= 0.3 is 11.9 Å². The molecule has 1 N–H and O–H groups in total. The van der Waals surface area contributed by atoms with Crippen LogP contribution in [0.4, 0.5) is 0 Å². The first-order valence-electron chi connectivity index (χ1n) is 18.8. The van der Waals surface area contributed by atoms with Crippen LogP contribution in [0.2, 0.25) is 0 Å². The molecule has 0 aromatic heterocycles. The lowest BCUT2D eigenvalue weighted by Gasteiger charge is -2.12. The minimum Gasteiger partial charge on any atom is -0.463 e. The van der Waals surface area contributed by atoms with Crippen molar-refractivity contribution in [1.82, 2.24) is 0 Å². The first-order valence-corrected chi connectivity index (χ1v) is 18.8. The number of carbonyl (C=O) groups excluding carboxylic acids is 2. The molecular formula is C38H74O5. The number of unbranched alkanes of at least 4 members (excludes halogenated alkanes) is 21. The average Bonchev–Trinajstić information content (AvgIpc) is 2.97. The minimum atomic E-state index is -0.955. The van der Waals surface area contributed by atoms with E-state index in [0.717, 1.165) is 43.9 Å². The molecule has 0 heterocycles. The summed E-state index contributed by atoms with van der Waals surface area (Å²) in [5.41, 5.74) is 0. The Labute approximate surface area is 268 Å². The van der Waals surface area contributed by atoms with Crippen molar-refractivity contribution in [3.63, 3.8) is 0 Å². The maximum absolute atomic E-state index is 11.9. The lowest BCUT2D eigenvalue weighted by Crippen LogP contribution is -2.25. The highest BCUT2D eigenvalue weighted by Crippen LogP contribution is 2.16. The van der Waals surface area contributed by atoms with E-state index in [1.54, 1.807) is 0 Å². The summed E-state index contributed by atoms with van der Waals surface area (Å²) in [6, 6.07) is 0. The molecule has 0 aromatic rings. The topological polar surface area (TPSA) is 72.8 Å². The molecule has 0 unspecified atom stereocenters. The van der Waals surface area contributed by atoms with E-state index in [0.29, 0.717) is 12.8 Å². The Morgan fingerprint density at radius 2 is 0.651 bits per heavy atom. The molecule has 5 nitrogen and oxygen atoms in total. The van der Waals surface area contributed by atoms with E-state index in [2.05, 4.69) is 27.7 Å². The van der Waals surface area contributed by atoms with E-state index in [-0.39, 0.29) is 25.2 Å². The normalized spacial score (nSPS) is 12.3. The lowest BCUT2D eigenvalue weighted by molar-refractivity contribution is -0.152. The van der Waals surface area contributed by atoms with Crippen LogP contribution < -0.4 is 0 Å². The molecule has 0 spiro atoms. The van der Waals surface area contributed by atoms with E-state index in [1.165, 1.54) is 128 Å². The molecule has 0 amide bonds. The zero-order chi connectivity index (χ0) is 31.8. The van der Waals surface area contributed by atoms with Gasteiger partial charge < -0.3 is 14.6 Å². The van der Waals surface area contributed by atoms with Crippen LogP contribution in [0.3, 0.4) is 0 Å². The molecule has 0 aromatic carbocycles. The molecule has 0 aliphatic carbocycles.